The van der Waals surface area contributed by atoms with Crippen LogP contribution < -0.4 is 15.4 Å². The average molecular weight is 667 g/mol. The summed E-state index contributed by atoms with van der Waals surface area (Å²) < 4.78 is 6.74. The van der Waals surface area contributed by atoms with Crippen molar-refractivity contribution in [2.24, 2.45) is 0 Å². The number of hydrogen-bond acceptors (Lipinski definition) is 3. The van der Waals surface area contributed by atoms with Crippen LogP contribution in [0, 0.1) is 0 Å². The molecular weight excluding hydrogens is 633 g/mol. The van der Waals surface area contributed by atoms with Gasteiger partial charge in [0, 0.05) is 22.4 Å². The number of rotatable bonds is 4. The lowest BCUT2D eigenvalue weighted by Crippen LogP contribution is -2.40. The highest BCUT2D eigenvalue weighted by atomic mass is 16.5. The van der Waals surface area contributed by atoms with Crippen molar-refractivity contribution in [3.05, 3.63) is 219 Å². The maximum absolute atomic E-state index is 6.74. The van der Waals surface area contributed by atoms with Crippen LogP contribution in [0.2, 0.25) is 0 Å². The summed E-state index contributed by atoms with van der Waals surface area (Å²) >= 11 is 0. The Morgan fingerprint density at radius 1 is 0.615 bits per heavy atom. The van der Waals surface area contributed by atoms with Crippen molar-refractivity contribution in [1.82, 2.24) is 10.6 Å². The third-order valence-electron chi connectivity index (χ3n) is 11.5. The van der Waals surface area contributed by atoms with E-state index in [4.69, 9.17) is 4.74 Å². The SMILES string of the molecule is C1=Cc2c(C3=CC(c4ccccc4)NC(c4ccc5c(c4)C4(C6=C(CC=C6)c6ccccc64)c4ccccc4O5)N3)ccc(-c3ccccc3)c2C=1. The van der Waals surface area contributed by atoms with Gasteiger partial charge in [-0.25, -0.2) is 0 Å². The van der Waals surface area contributed by atoms with Crippen molar-refractivity contribution in [2.45, 2.75) is 24.0 Å². The first-order valence-corrected chi connectivity index (χ1v) is 18.1. The number of hydrogen-bond donors (Lipinski definition) is 2. The van der Waals surface area contributed by atoms with Crippen LogP contribution in [-0.2, 0) is 5.41 Å². The summed E-state index contributed by atoms with van der Waals surface area (Å²) in [5, 5.41) is 7.94. The highest BCUT2D eigenvalue weighted by Gasteiger charge is 2.52. The molecule has 0 amide bonds. The number of fused-ring (bicyclic) bond motifs is 9. The minimum Gasteiger partial charge on any atom is -0.457 e. The summed E-state index contributed by atoms with van der Waals surface area (Å²) in [5.74, 6) is 1.83. The first kappa shape index (κ1) is 29.4. The molecule has 2 N–H and O–H groups in total. The summed E-state index contributed by atoms with van der Waals surface area (Å²) in [5.41, 5.74) is 20.3. The zero-order valence-corrected chi connectivity index (χ0v) is 28.4. The molecule has 3 unspecified atom stereocenters. The Bertz CT molecular complexity index is 2620. The molecule has 3 heteroatoms. The van der Waals surface area contributed by atoms with Crippen molar-refractivity contribution in [1.29, 1.82) is 0 Å². The Morgan fingerprint density at radius 2 is 1.33 bits per heavy atom. The molecule has 6 aromatic carbocycles. The smallest absolute Gasteiger partial charge is 0.132 e. The van der Waals surface area contributed by atoms with Crippen LogP contribution >= 0.6 is 0 Å². The molecule has 0 saturated heterocycles. The van der Waals surface area contributed by atoms with Crippen LogP contribution in [0.5, 0.6) is 11.5 Å². The largest absolute Gasteiger partial charge is 0.457 e. The van der Waals surface area contributed by atoms with Crippen LogP contribution in [0.25, 0.3) is 34.5 Å². The fraction of sp³-hybridized carbons (Fsp3) is 0.0816. The van der Waals surface area contributed by atoms with E-state index in [1.54, 1.807) is 0 Å². The number of benzene rings is 6. The summed E-state index contributed by atoms with van der Waals surface area (Å²) in [4.78, 5) is 0. The van der Waals surface area contributed by atoms with Gasteiger partial charge in [0.25, 0.3) is 0 Å². The second kappa shape index (κ2) is 11.3. The molecule has 3 atom stereocenters. The molecule has 2 aliphatic heterocycles. The van der Waals surface area contributed by atoms with E-state index in [-0.39, 0.29) is 12.2 Å². The third-order valence-corrected chi connectivity index (χ3v) is 11.5. The second-order valence-electron chi connectivity index (χ2n) is 14.2. The van der Waals surface area contributed by atoms with E-state index in [0.29, 0.717) is 0 Å². The second-order valence-corrected chi connectivity index (χ2v) is 14.2. The van der Waals surface area contributed by atoms with Crippen molar-refractivity contribution < 1.29 is 4.74 Å². The van der Waals surface area contributed by atoms with Gasteiger partial charge in [0.1, 0.15) is 17.7 Å². The fourth-order valence-corrected chi connectivity index (χ4v) is 9.25. The number of para-hydroxylation sites is 1. The Balaban J connectivity index is 1.07. The molecule has 3 nitrogen and oxygen atoms in total. The van der Waals surface area contributed by atoms with Crippen molar-refractivity contribution in [3.63, 3.8) is 0 Å². The summed E-state index contributed by atoms with van der Waals surface area (Å²) in [6.45, 7) is 0. The van der Waals surface area contributed by atoms with Gasteiger partial charge < -0.3 is 10.1 Å². The summed E-state index contributed by atoms with van der Waals surface area (Å²) in [7, 11) is 0. The molecule has 0 radical (unpaired) electrons. The maximum atomic E-state index is 6.74. The number of ether oxygens (including phenoxy) is 1. The first-order valence-electron chi connectivity index (χ1n) is 18.1. The zero-order valence-electron chi connectivity index (χ0n) is 28.4. The first-order chi connectivity index (χ1) is 25.8. The predicted molar refractivity (Wildman–Crippen MR) is 210 cm³/mol. The monoisotopic (exact) mass is 666 g/mol. The molecule has 0 aromatic heterocycles. The standard InChI is InChI=1S/C49H34N2O/c1-3-13-31(14-4-1)34-26-27-39(36-19-11-18-35(34)36)45-30-44(32-15-5-2-6-16-32)50-48(51-45)33-25-28-47-43(29-33)49(42-22-9-10-24-46(42)52-47)40-21-8-7-17-37(40)38-20-12-23-41(38)49/h1-10,12-19,21-30,44,48,50-51H,20H2. The molecule has 0 fully saturated rings. The van der Waals surface area contributed by atoms with Crippen LogP contribution in [0.15, 0.2) is 169 Å². The molecule has 246 valence electrons. The predicted octanol–water partition coefficient (Wildman–Crippen LogP) is 11.1. The number of nitrogens with one attached hydrogen (secondary N) is 2. The summed E-state index contributed by atoms with van der Waals surface area (Å²) in [6.07, 6.45) is 12.0. The Hall–Kier alpha value is -6.38. The minimum absolute atomic E-state index is 0.00788. The highest BCUT2D eigenvalue weighted by molar-refractivity contribution is 5.93. The van der Waals surface area contributed by atoms with Gasteiger partial charge in [-0.2, -0.15) is 0 Å². The van der Waals surface area contributed by atoms with Crippen LogP contribution in [-0.4, -0.2) is 0 Å². The van der Waals surface area contributed by atoms with Crippen LogP contribution in [0.1, 0.15) is 68.7 Å². The van der Waals surface area contributed by atoms with E-state index < -0.39 is 5.41 Å². The van der Waals surface area contributed by atoms with Gasteiger partial charge in [0.05, 0.1) is 11.5 Å². The average Bonchev–Trinajstić information content (AvgIpc) is 3.96. The third kappa shape index (κ3) is 4.18. The van der Waals surface area contributed by atoms with E-state index >= 15 is 0 Å². The lowest BCUT2D eigenvalue weighted by Gasteiger charge is -2.41. The summed E-state index contributed by atoms with van der Waals surface area (Å²) in [6, 6.07) is 50.3. The van der Waals surface area contributed by atoms with Gasteiger partial charge in [-0.3, -0.25) is 5.32 Å². The molecular formula is C49H34N2O. The Labute approximate surface area is 303 Å². The fourth-order valence-electron chi connectivity index (χ4n) is 9.25. The van der Waals surface area contributed by atoms with Gasteiger partial charge in [-0.1, -0.05) is 133 Å². The molecule has 1 spiro atoms. The quantitative estimate of drug-likeness (QED) is 0.183. The molecule has 6 aromatic rings. The van der Waals surface area contributed by atoms with Gasteiger partial charge in [0.2, 0.25) is 0 Å². The van der Waals surface area contributed by atoms with Gasteiger partial charge in [0.15, 0.2) is 0 Å². The van der Waals surface area contributed by atoms with Crippen molar-refractivity contribution >= 4 is 23.4 Å². The maximum Gasteiger partial charge on any atom is 0.132 e. The van der Waals surface area contributed by atoms with Crippen LogP contribution in [0.4, 0.5) is 0 Å². The van der Waals surface area contributed by atoms with Gasteiger partial charge in [-0.15, -0.1) is 5.73 Å². The van der Waals surface area contributed by atoms with Crippen molar-refractivity contribution in [3.8, 4) is 22.6 Å². The highest BCUT2D eigenvalue weighted by Crippen LogP contribution is 2.63. The zero-order chi connectivity index (χ0) is 34.2. The van der Waals surface area contributed by atoms with Crippen molar-refractivity contribution in [2.75, 3.05) is 0 Å². The molecule has 0 bridgehead atoms. The molecule has 0 saturated carbocycles. The minimum atomic E-state index is -0.462. The topological polar surface area (TPSA) is 33.3 Å². The van der Waals surface area contributed by atoms with E-state index in [9.17, 15) is 0 Å². The van der Waals surface area contributed by atoms with E-state index in [1.165, 1.54) is 66.8 Å². The molecule has 2 heterocycles. The van der Waals surface area contributed by atoms with E-state index in [0.717, 1.165) is 29.2 Å². The Morgan fingerprint density at radius 3 is 2.19 bits per heavy atom. The lowest BCUT2D eigenvalue weighted by atomic mass is 9.65. The van der Waals surface area contributed by atoms with Gasteiger partial charge in [-0.05, 0) is 98.5 Å². The van der Waals surface area contributed by atoms with Crippen LogP contribution in [0.3, 0.4) is 0 Å². The normalized spacial score (nSPS) is 21.2. The molecule has 11 rings (SSSR count). The van der Waals surface area contributed by atoms with Gasteiger partial charge >= 0.3 is 0 Å². The lowest BCUT2D eigenvalue weighted by molar-refractivity contribution is 0.426. The Kier molecular flexibility index (Phi) is 6.39. The molecule has 52 heavy (non-hydrogen) atoms. The molecule has 5 aliphatic rings. The molecule has 3 aliphatic carbocycles. The van der Waals surface area contributed by atoms with E-state index in [2.05, 4.69) is 186 Å². The van der Waals surface area contributed by atoms with E-state index in [1.807, 2.05) is 0 Å². The number of allylic oxidation sites excluding steroid dienone is 4.